The van der Waals surface area contributed by atoms with Crippen molar-refractivity contribution in [3.05, 3.63) is 113 Å². The Bertz CT molecular complexity index is 1070. The highest BCUT2D eigenvalue weighted by Gasteiger charge is 2.32. The van der Waals surface area contributed by atoms with Gasteiger partial charge in [-0.2, -0.15) is 5.10 Å². The molecule has 30 heavy (non-hydrogen) atoms. The van der Waals surface area contributed by atoms with Gasteiger partial charge in [-0.3, -0.25) is 9.48 Å². The Kier molecular flexibility index (Phi) is 6.77. The highest BCUT2D eigenvalue weighted by molar-refractivity contribution is 9.10. The fraction of sp³-hybridized carbons (Fsp3) is 0.125. The molecular formula is C24H20BrN3OS. The highest BCUT2D eigenvalue weighted by Crippen LogP contribution is 2.42. The van der Waals surface area contributed by atoms with E-state index in [9.17, 15) is 4.79 Å². The zero-order valence-corrected chi connectivity index (χ0v) is 18.5. The number of rotatable bonds is 8. The second-order valence-electron chi connectivity index (χ2n) is 6.86. The second-order valence-corrected chi connectivity index (χ2v) is 8.99. The molecule has 0 fully saturated rings. The fourth-order valence-corrected chi connectivity index (χ4v) is 4.88. The summed E-state index contributed by atoms with van der Waals surface area (Å²) >= 11 is 5.16. The number of hydrogen-bond donors (Lipinski definition) is 0. The Morgan fingerprint density at radius 3 is 2.23 bits per heavy atom. The van der Waals surface area contributed by atoms with Crippen molar-refractivity contribution in [1.29, 1.82) is 0 Å². The molecular weight excluding hydrogens is 458 g/mol. The van der Waals surface area contributed by atoms with E-state index in [1.807, 2.05) is 60.7 Å². The number of halogens is 1. The molecule has 0 aliphatic heterocycles. The van der Waals surface area contributed by atoms with Crippen LogP contribution < -0.4 is 0 Å². The maximum atomic E-state index is 13.7. The molecule has 4 rings (SSSR count). The summed E-state index contributed by atoms with van der Waals surface area (Å²) in [6, 6.07) is 28.0. The number of nitrogens with zero attached hydrogens (tertiary/aromatic N) is 3. The van der Waals surface area contributed by atoms with Gasteiger partial charge in [-0.15, -0.1) is 11.8 Å². The van der Waals surface area contributed by atoms with E-state index in [1.165, 1.54) is 6.33 Å². The molecule has 0 N–H and O–H groups in total. The minimum atomic E-state index is -0.319. The molecule has 0 aliphatic rings. The number of benzene rings is 3. The highest BCUT2D eigenvalue weighted by atomic mass is 79.9. The molecule has 6 heteroatoms. The molecule has 1 heterocycles. The first-order valence-electron chi connectivity index (χ1n) is 9.59. The van der Waals surface area contributed by atoms with Gasteiger partial charge < -0.3 is 0 Å². The van der Waals surface area contributed by atoms with Crippen LogP contribution in [0.3, 0.4) is 0 Å². The fourth-order valence-electron chi connectivity index (χ4n) is 3.34. The summed E-state index contributed by atoms with van der Waals surface area (Å²) in [6.07, 6.45) is 3.17. The van der Waals surface area contributed by atoms with Crippen molar-refractivity contribution in [1.82, 2.24) is 14.8 Å². The van der Waals surface area contributed by atoms with Crippen molar-refractivity contribution in [3.8, 4) is 0 Å². The average molecular weight is 478 g/mol. The van der Waals surface area contributed by atoms with E-state index in [2.05, 4.69) is 50.3 Å². The van der Waals surface area contributed by atoms with Gasteiger partial charge in [0.15, 0.2) is 5.78 Å². The third kappa shape index (κ3) is 5.07. The van der Waals surface area contributed by atoms with Crippen LogP contribution in [0, 0.1) is 5.92 Å². The molecule has 0 radical (unpaired) electrons. The van der Waals surface area contributed by atoms with Crippen LogP contribution in [0.5, 0.6) is 0 Å². The Balaban J connectivity index is 1.75. The van der Waals surface area contributed by atoms with Crippen molar-refractivity contribution in [2.24, 2.45) is 5.92 Å². The van der Waals surface area contributed by atoms with Gasteiger partial charge in [0, 0.05) is 20.2 Å². The minimum Gasteiger partial charge on any atom is -0.294 e. The van der Waals surface area contributed by atoms with Crippen molar-refractivity contribution in [2.45, 2.75) is 16.7 Å². The molecule has 0 bridgehead atoms. The number of hydrogen-bond acceptors (Lipinski definition) is 4. The van der Waals surface area contributed by atoms with Gasteiger partial charge in [-0.05, 0) is 29.8 Å². The minimum absolute atomic E-state index is 0.0750. The monoisotopic (exact) mass is 477 g/mol. The number of Topliss-reactive ketones (excluding diaryl/α,β-unsaturated/α-hetero) is 1. The van der Waals surface area contributed by atoms with Crippen LogP contribution in [0.25, 0.3) is 0 Å². The van der Waals surface area contributed by atoms with E-state index >= 15 is 0 Å². The first-order chi connectivity index (χ1) is 14.7. The molecule has 150 valence electrons. The lowest BCUT2D eigenvalue weighted by atomic mass is 9.90. The van der Waals surface area contributed by atoms with Crippen LogP contribution in [0.1, 0.15) is 21.2 Å². The van der Waals surface area contributed by atoms with Gasteiger partial charge >= 0.3 is 0 Å². The summed E-state index contributed by atoms with van der Waals surface area (Å²) in [5, 5.41) is 4.19. The normalized spacial score (nSPS) is 13.0. The first kappa shape index (κ1) is 20.6. The van der Waals surface area contributed by atoms with E-state index in [-0.39, 0.29) is 17.0 Å². The lowest BCUT2D eigenvalue weighted by Gasteiger charge is -2.26. The number of aromatic nitrogens is 3. The maximum Gasteiger partial charge on any atom is 0.169 e. The molecule has 0 aliphatic carbocycles. The van der Waals surface area contributed by atoms with Crippen molar-refractivity contribution >= 4 is 33.5 Å². The summed E-state index contributed by atoms with van der Waals surface area (Å²) in [6.45, 7) is 0.453. The van der Waals surface area contributed by atoms with E-state index in [4.69, 9.17) is 0 Å². The third-order valence-corrected chi connectivity index (χ3v) is 6.74. The first-order valence-corrected chi connectivity index (χ1v) is 11.3. The SMILES string of the molecule is O=C(c1ccc(Br)cc1)C(Cn1cncn1)C(Sc1ccccc1)c1ccccc1. The van der Waals surface area contributed by atoms with E-state index in [0.717, 1.165) is 14.9 Å². The number of carbonyl (C=O) groups excluding carboxylic acids is 1. The van der Waals surface area contributed by atoms with Gasteiger partial charge in [0.05, 0.1) is 12.5 Å². The standard InChI is InChI=1S/C24H20BrN3OS/c25-20-13-11-18(12-14-20)23(29)22(15-28-17-26-16-27-28)24(19-7-3-1-4-8-19)30-21-9-5-2-6-10-21/h1-14,16-17,22,24H,15H2. The maximum absolute atomic E-state index is 13.7. The van der Waals surface area contributed by atoms with Crippen molar-refractivity contribution < 1.29 is 4.79 Å². The largest absolute Gasteiger partial charge is 0.294 e. The van der Waals surface area contributed by atoms with Gasteiger partial charge in [0.1, 0.15) is 12.7 Å². The average Bonchev–Trinajstić information content (AvgIpc) is 3.31. The smallest absolute Gasteiger partial charge is 0.169 e. The van der Waals surface area contributed by atoms with Crippen LogP contribution in [0.15, 0.2) is 107 Å². The molecule has 0 amide bonds. The third-order valence-electron chi connectivity index (χ3n) is 4.82. The zero-order valence-electron chi connectivity index (χ0n) is 16.1. The molecule has 1 aromatic heterocycles. The Labute approximate surface area is 188 Å². The van der Waals surface area contributed by atoms with E-state index in [0.29, 0.717) is 12.1 Å². The molecule has 0 saturated heterocycles. The second kappa shape index (κ2) is 9.87. The molecule has 4 nitrogen and oxygen atoms in total. The molecule has 4 aromatic rings. The Hall–Kier alpha value is -2.70. The van der Waals surface area contributed by atoms with Gasteiger partial charge in [0.2, 0.25) is 0 Å². The van der Waals surface area contributed by atoms with Gasteiger partial charge in [-0.25, -0.2) is 4.98 Å². The summed E-state index contributed by atoms with van der Waals surface area (Å²) in [5.74, 6) is -0.226. The van der Waals surface area contributed by atoms with Crippen LogP contribution in [0.2, 0.25) is 0 Å². The summed E-state index contributed by atoms with van der Waals surface area (Å²) in [7, 11) is 0. The van der Waals surface area contributed by atoms with E-state index < -0.39 is 0 Å². The van der Waals surface area contributed by atoms with Crippen LogP contribution in [-0.4, -0.2) is 20.5 Å². The molecule has 3 aromatic carbocycles. The van der Waals surface area contributed by atoms with Crippen LogP contribution in [0.4, 0.5) is 0 Å². The zero-order chi connectivity index (χ0) is 20.8. The van der Waals surface area contributed by atoms with Crippen LogP contribution >= 0.6 is 27.7 Å². The van der Waals surface area contributed by atoms with Crippen molar-refractivity contribution in [2.75, 3.05) is 0 Å². The summed E-state index contributed by atoms with van der Waals surface area (Å²) in [4.78, 5) is 18.9. The molecule has 2 atom stereocenters. The van der Waals surface area contributed by atoms with Crippen molar-refractivity contribution in [3.63, 3.8) is 0 Å². The molecule has 2 unspecified atom stereocenters. The van der Waals surface area contributed by atoms with Crippen LogP contribution in [-0.2, 0) is 6.54 Å². The molecule has 0 spiro atoms. The number of thioether (sulfide) groups is 1. The molecule has 0 saturated carbocycles. The summed E-state index contributed by atoms with van der Waals surface area (Å²) in [5.41, 5.74) is 1.81. The number of carbonyl (C=O) groups is 1. The quantitative estimate of drug-likeness (QED) is 0.228. The van der Waals surface area contributed by atoms with Gasteiger partial charge in [-0.1, -0.05) is 76.6 Å². The Morgan fingerprint density at radius 1 is 0.933 bits per heavy atom. The Morgan fingerprint density at radius 2 is 1.60 bits per heavy atom. The number of ketones is 1. The van der Waals surface area contributed by atoms with Gasteiger partial charge in [0.25, 0.3) is 0 Å². The lowest BCUT2D eigenvalue weighted by Crippen LogP contribution is -2.26. The lowest BCUT2D eigenvalue weighted by molar-refractivity contribution is 0.0901. The predicted molar refractivity (Wildman–Crippen MR) is 123 cm³/mol. The topological polar surface area (TPSA) is 47.8 Å². The predicted octanol–water partition coefficient (Wildman–Crippen LogP) is 6.07. The summed E-state index contributed by atoms with van der Waals surface area (Å²) < 4.78 is 2.69. The van der Waals surface area contributed by atoms with E-state index in [1.54, 1.807) is 22.8 Å².